The number of hydrogen-bond acceptors (Lipinski definition) is 4. The monoisotopic (exact) mass is 209 g/mol. The van der Waals surface area contributed by atoms with E-state index in [1.807, 2.05) is 0 Å². The summed E-state index contributed by atoms with van der Waals surface area (Å²) in [5.74, 6) is 0.366. The number of benzene rings is 1. The van der Waals surface area contributed by atoms with Gasteiger partial charge < -0.3 is 10.5 Å². The van der Waals surface area contributed by atoms with E-state index in [0.717, 1.165) is 0 Å². The van der Waals surface area contributed by atoms with Crippen molar-refractivity contribution in [1.29, 1.82) is 0 Å². The number of nitrogens with zero attached hydrogens (tertiary/aromatic N) is 1. The highest BCUT2D eigenvalue weighted by Crippen LogP contribution is 2.21. The first-order chi connectivity index (χ1) is 7.04. The molecule has 82 valence electrons. The van der Waals surface area contributed by atoms with Crippen molar-refractivity contribution in [3.8, 4) is 5.75 Å². The van der Waals surface area contributed by atoms with E-state index >= 15 is 0 Å². The highest BCUT2D eigenvalue weighted by molar-refractivity contribution is 5.95. The number of methoxy groups -OCH3 is 1. The zero-order chi connectivity index (χ0) is 11.4. The molecule has 3 N–H and O–H groups in total. The second-order valence-corrected chi connectivity index (χ2v) is 3.29. The van der Waals surface area contributed by atoms with Crippen LogP contribution in [0.15, 0.2) is 18.2 Å². The number of nitrogen functional groups attached to an aromatic ring is 1. The van der Waals surface area contributed by atoms with Gasteiger partial charge in [-0.15, -0.1) is 0 Å². The highest BCUT2D eigenvalue weighted by Gasteiger charge is 2.08. The van der Waals surface area contributed by atoms with Gasteiger partial charge >= 0.3 is 0 Å². The number of nitrogens with one attached hydrogen (secondary N) is 1. The lowest BCUT2D eigenvalue weighted by Crippen LogP contribution is -2.36. The highest BCUT2D eigenvalue weighted by atomic mass is 16.5. The van der Waals surface area contributed by atoms with Crippen LogP contribution in [0, 0.1) is 0 Å². The van der Waals surface area contributed by atoms with Crippen LogP contribution in [-0.4, -0.2) is 32.1 Å². The summed E-state index contributed by atoms with van der Waals surface area (Å²) >= 11 is 0. The van der Waals surface area contributed by atoms with E-state index in [4.69, 9.17) is 10.5 Å². The van der Waals surface area contributed by atoms with Crippen molar-refractivity contribution in [3.05, 3.63) is 23.8 Å². The van der Waals surface area contributed by atoms with Crippen LogP contribution < -0.4 is 15.9 Å². The SMILES string of the molecule is COc1ccc(C(=O)NN(C)C)cc1N. The van der Waals surface area contributed by atoms with Gasteiger partial charge in [-0.1, -0.05) is 0 Å². The summed E-state index contributed by atoms with van der Waals surface area (Å²) in [4.78, 5) is 11.6. The summed E-state index contributed by atoms with van der Waals surface area (Å²) in [5.41, 5.74) is 9.25. The number of hydrazine groups is 1. The minimum absolute atomic E-state index is 0.200. The minimum atomic E-state index is -0.200. The fraction of sp³-hybridized carbons (Fsp3) is 0.300. The number of ether oxygens (including phenoxy) is 1. The Morgan fingerprint density at radius 2 is 2.13 bits per heavy atom. The first-order valence-corrected chi connectivity index (χ1v) is 4.46. The average molecular weight is 209 g/mol. The summed E-state index contributed by atoms with van der Waals surface area (Å²) in [6, 6.07) is 4.91. The molecule has 0 heterocycles. The van der Waals surface area contributed by atoms with Crippen molar-refractivity contribution < 1.29 is 9.53 Å². The Morgan fingerprint density at radius 3 is 2.60 bits per heavy atom. The van der Waals surface area contributed by atoms with E-state index in [-0.39, 0.29) is 5.91 Å². The van der Waals surface area contributed by atoms with E-state index in [0.29, 0.717) is 17.0 Å². The summed E-state index contributed by atoms with van der Waals surface area (Å²) in [7, 11) is 5.01. The van der Waals surface area contributed by atoms with Gasteiger partial charge in [-0.25, -0.2) is 5.01 Å². The number of carbonyl (C=O) groups excluding carboxylic acids is 1. The van der Waals surface area contributed by atoms with Crippen LogP contribution in [0.25, 0.3) is 0 Å². The number of rotatable bonds is 3. The molecule has 0 aliphatic rings. The summed E-state index contributed by atoms with van der Waals surface area (Å²) in [6.07, 6.45) is 0. The molecule has 5 nitrogen and oxygen atoms in total. The van der Waals surface area contributed by atoms with Crippen LogP contribution in [0.1, 0.15) is 10.4 Å². The molecule has 15 heavy (non-hydrogen) atoms. The Hall–Kier alpha value is -1.75. The van der Waals surface area contributed by atoms with Crippen LogP contribution in [0.4, 0.5) is 5.69 Å². The largest absolute Gasteiger partial charge is 0.495 e. The van der Waals surface area contributed by atoms with Gasteiger partial charge in [0.2, 0.25) is 0 Å². The molecule has 0 spiro atoms. The Morgan fingerprint density at radius 1 is 1.47 bits per heavy atom. The van der Waals surface area contributed by atoms with Crippen molar-refractivity contribution >= 4 is 11.6 Å². The number of nitrogens with two attached hydrogens (primary N) is 1. The van der Waals surface area contributed by atoms with E-state index < -0.39 is 0 Å². The lowest BCUT2D eigenvalue weighted by Gasteiger charge is -2.12. The second-order valence-electron chi connectivity index (χ2n) is 3.29. The average Bonchev–Trinajstić information content (AvgIpc) is 2.16. The quantitative estimate of drug-likeness (QED) is 0.561. The summed E-state index contributed by atoms with van der Waals surface area (Å²) in [6.45, 7) is 0. The number of anilines is 1. The van der Waals surface area contributed by atoms with E-state index in [9.17, 15) is 4.79 Å². The van der Waals surface area contributed by atoms with Crippen molar-refractivity contribution in [1.82, 2.24) is 10.4 Å². The predicted octanol–water partition coefficient (Wildman–Crippen LogP) is 0.484. The molecule has 0 atom stereocenters. The summed E-state index contributed by atoms with van der Waals surface area (Å²) < 4.78 is 4.99. The third-order valence-electron chi connectivity index (χ3n) is 1.82. The number of amides is 1. The van der Waals surface area contributed by atoms with Gasteiger partial charge in [0.1, 0.15) is 5.75 Å². The van der Waals surface area contributed by atoms with Gasteiger partial charge in [-0.2, -0.15) is 0 Å². The maximum Gasteiger partial charge on any atom is 0.265 e. The molecule has 0 aliphatic carbocycles. The molecule has 0 saturated carbocycles. The van der Waals surface area contributed by atoms with Crippen LogP contribution >= 0.6 is 0 Å². The van der Waals surface area contributed by atoms with E-state index in [2.05, 4.69) is 5.43 Å². The predicted molar refractivity (Wildman–Crippen MR) is 58.6 cm³/mol. The third-order valence-corrected chi connectivity index (χ3v) is 1.82. The maximum absolute atomic E-state index is 11.6. The lowest BCUT2D eigenvalue weighted by atomic mass is 10.2. The topological polar surface area (TPSA) is 67.6 Å². The second kappa shape index (κ2) is 4.65. The molecule has 0 unspecified atom stereocenters. The van der Waals surface area contributed by atoms with E-state index in [1.165, 1.54) is 7.11 Å². The fourth-order valence-corrected chi connectivity index (χ4v) is 1.14. The molecule has 0 aromatic heterocycles. The normalized spacial score (nSPS) is 10.1. The van der Waals surface area contributed by atoms with Gasteiger partial charge in [0.25, 0.3) is 5.91 Å². The Balaban J connectivity index is 2.87. The van der Waals surface area contributed by atoms with Crippen molar-refractivity contribution in [3.63, 3.8) is 0 Å². The molecule has 1 rings (SSSR count). The van der Waals surface area contributed by atoms with Gasteiger partial charge in [0.05, 0.1) is 12.8 Å². The molecule has 1 amide bonds. The third kappa shape index (κ3) is 2.85. The molecule has 1 aromatic rings. The Bertz CT molecular complexity index is 364. The van der Waals surface area contributed by atoms with Crippen molar-refractivity contribution in [2.75, 3.05) is 26.9 Å². The molecule has 0 fully saturated rings. The Labute approximate surface area is 88.8 Å². The first-order valence-electron chi connectivity index (χ1n) is 4.46. The standard InChI is InChI=1S/C10H15N3O2/c1-13(2)12-10(14)7-4-5-9(15-3)8(11)6-7/h4-6H,11H2,1-3H3,(H,12,14). The molecular weight excluding hydrogens is 194 g/mol. The zero-order valence-electron chi connectivity index (χ0n) is 9.07. The molecular formula is C10H15N3O2. The van der Waals surface area contributed by atoms with Gasteiger partial charge in [-0.05, 0) is 18.2 Å². The van der Waals surface area contributed by atoms with Gasteiger partial charge in [-0.3, -0.25) is 10.2 Å². The van der Waals surface area contributed by atoms with Gasteiger partial charge in [0, 0.05) is 19.7 Å². The molecule has 0 saturated heterocycles. The molecule has 0 aliphatic heterocycles. The first kappa shape index (κ1) is 11.3. The molecule has 0 radical (unpaired) electrons. The molecule has 0 bridgehead atoms. The van der Waals surface area contributed by atoms with Gasteiger partial charge in [0.15, 0.2) is 0 Å². The zero-order valence-corrected chi connectivity index (χ0v) is 9.07. The number of carbonyl (C=O) groups is 1. The van der Waals surface area contributed by atoms with E-state index in [1.54, 1.807) is 37.3 Å². The van der Waals surface area contributed by atoms with Crippen molar-refractivity contribution in [2.45, 2.75) is 0 Å². The van der Waals surface area contributed by atoms with Crippen molar-refractivity contribution in [2.24, 2.45) is 0 Å². The lowest BCUT2D eigenvalue weighted by molar-refractivity contribution is 0.0857. The van der Waals surface area contributed by atoms with Crippen LogP contribution in [0.2, 0.25) is 0 Å². The Kier molecular flexibility index (Phi) is 3.51. The molecule has 5 heteroatoms. The molecule has 1 aromatic carbocycles. The maximum atomic E-state index is 11.6. The summed E-state index contributed by atoms with van der Waals surface area (Å²) in [5, 5.41) is 1.57. The smallest absolute Gasteiger partial charge is 0.265 e. The van der Waals surface area contributed by atoms with Crippen LogP contribution in [0.5, 0.6) is 5.75 Å². The minimum Gasteiger partial charge on any atom is -0.495 e. The number of hydrogen-bond donors (Lipinski definition) is 2. The van der Waals surface area contributed by atoms with Crippen LogP contribution in [-0.2, 0) is 0 Å². The fourth-order valence-electron chi connectivity index (χ4n) is 1.14. The van der Waals surface area contributed by atoms with Crippen LogP contribution in [0.3, 0.4) is 0 Å².